The average molecular weight is 752 g/mol. The number of ether oxygens (including phenoxy) is 1. The first-order valence-electron chi connectivity index (χ1n) is 19.0. The van der Waals surface area contributed by atoms with E-state index in [1.54, 1.807) is 0 Å². The normalized spacial score (nSPS) is 14.7. The van der Waals surface area contributed by atoms with Crippen LogP contribution in [0.25, 0.3) is 0 Å². The van der Waals surface area contributed by atoms with Crippen molar-refractivity contribution in [1.29, 1.82) is 0 Å². The largest absolute Gasteiger partial charge is 0.480 e. The van der Waals surface area contributed by atoms with Crippen LogP contribution in [0.1, 0.15) is 129 Å². The SMILES string of the molecule is CC/C=C\C/C=C\C/C=C\C/C=C\CCCCC(=O)OCC(O)COP(=O)(O)OCC(NC(=O)CCCCCCC/C=C\C/C=C\CCC)C(=O)O. The van der Waals surface area contributed by atoms with E-state index in [-0.39, 0.29) is 12.8 Å². The van der Waals surface area contributed by atoms with Crippen LogP contribution in [-0.4, -0.2) is 64.9 Å². The van der Waals surface area contributed by atoms with Crippen LogP contribution in [0.3, 0.4) is 0 Å². The predicted octanol–water partition coefficient (Wildman–Crippen LogP) is 8.99. The lowest BCUT2D eigenvalue weighted by Gasteiger charge is -2.18. The standard InChI is InChI=1S/C40H66NO10P/c1-3-5-7-9-11-13-15-17-18-20-22-24-26-28-30-32-39(44)49-33-36(42)34-50-52(47,48)51-35-37(40(45)46)41-38(43)31-29-27-25-23-21-19-16-14-12-10-8-6-4-2/h5,7-8,10-11,13-14,16-18,22,24,36-37,42H,3-4,6,9,12,15,19-21,23,25-35H2,1-2H3,(H,41,43)(H,45,46)(H,47,48)/b7-5-,10-8-,13-11-,16-14-,18-17-,24-22-. The molecule has 0 radical (unpaired) electrons. The number of carboxylic acid groups (broad SMARTS) is 1. The number of aliphatic carboxylic acids is 1. The molecule has 0 aliphatic heterocycles. The Labute approximate surface area is 312 Å². The minimum Gasteiger partial charge on any atom is -0.480 e. The summed E-state index contributed by atoms with van der Waals surface area (Å²) in [6, 6.07) is -1.56. The van der Waals surface area contributed by atoms with Gasteiger partial charge in [0, 0.05) is 12.8 Å². The number of carbonyl (C=O) groups is 3. The van der Waals surface area contributed by atoms with E-state index in [2.05, 4.69) is 92.1 Å². The van der Waals surface area contributed by atoms with Crippen LogP contribution in [0.2, 0.25) is 0 Å². The first-order valence-corrected chi connectivity index (χ1v) is 20.5. The van der Waals surface area contributed by atoms with Crippen molar-refractivity contribution in [2.75, 3.05) is 19.8 Å². The Morgan fingerprint density at radius 2 is 1.12 bits per heavy atom. The number of carboxylic acids is 1. The maximum absolute atomic E-state index is 12.2. The molecule has 3 unspecified atom stereocenters. The molecule has 52 heavy (non-hydrogen) atoms. The third kappa shape index (κ3) is 34.0. The lowest BCUT2D eigenvalue weighted by molar-refractivity contribution is -0.147. The lowest BCUT2D eigenvalue weighted by Crippen LogP contribution is -2.43. The summed E-state index contributed by atoms with van der Waals surface area (Å²) in [7, 11) is -4.77. The minimum atomic E-state index is -4.77. The number of esters is 1. The fourth-order valence-corrected chi connectivity index (χ4v) is 5.29. The highest BCUT2D eigenvalue weighted by molar-refractivity contribution is 7.47. The van der Waals surface area contributed by atoms with Crippen molar-refractivity contribution in [3.05, 3.63) is 72.9 Å². The molecular weight excluding hydrogens is 685 g/mol. The summed E-state index contributed by atoms with van der Waals surface area (Å²) in [6.07, 6.45) is 39.4. The average Bonchev–Trinajstić information content (AvgIpc) is 3.11. The first-order chi connectivity index (χ1) is 25.1. The van der Waals surface area contributed by atoms with Gasteiger partial charge in [-0.15, -0.1) is 0 Å². The van der Waals surface area contributed by atoms with Gasteiger partial charge in [0.2, 0.25) is 5.91 Å². The molecule has 3 atom stereocenters. The van der Waals surface area contributed by atoms with E-state index in [9.17, 15) is 34.1 Å². The van der Waals surface area contributed by atoms with Crippen molar-refractivity contribution in [2.45, 2.75) is 142 Å². The summed E-state index contributed by atoms with van der Waals surface area (Å²) >= 11 is 0. The number of aliphatic hydroxyl groups excluding tert-OH is 1. The minimum absolute atomic E-state index is 0.122. The van der Waals surface area contributed by atoms with Gasteiger partial charge in [-0.05, 0) is 77.0 Å². The molecular formula is C40H66NO10P. The molecule has 11 nitrogen and oxygen atoms in total. The zero-order chi connectivity index (χ0) is 38.5. The monoisotopic (exact) mass is 751 g/mol. The summed E-state index contributed by atoms with van der Waals surface area (Å²) in [6.45, 7) is 2.32. The molecule has 0 aromatic rings. The van der Waals surface area contributed by atoms with Gasteiger partial charge in [0.05, 0.1) is 13.2 Å². The second-order valence-corrected chi connectivity index (χ2v) is 13.8. The molecule has 0 saturated carbocycles. The second-order valence-electron chi connectivity index (χ2n) is 12.4. The van der Waals surface area contributed by atoms with Crippen molar-refractivity contribution >= 4 is 25.7 Å². The van der Waals surface area contributed by atoms with E-state index in [1.807, 2.05) is 0 Å². The molecule has 296 valence electrons. The molecule has 0 aromatic carbocycles. The van der Waals surface area contributed by atoms with Crippen LogP contribution in [0.4, 0.5) is 0 Å². The highest BCUT2D eigenvalue weighted by atomic mass is 31.2. The van der Waals surface area contributed by atoms with Crippen LogP contribution in [0, 0.1) is 0 Å². The third-order valence-electron chi connectivity index (χ3n) is 7.46. The smallest absolute Gasteiger partial charge is 0.472 e. The van der Waals surface area contributed by atoms with E-state index < -0.39 is 57.6 Å². The molecule has 1 amide bonds. The molecule has 0 rings (SSSR count). The number of allylic oxidation sites excluding steroid dienone is 12. The molecule has 0 saturated heterocycles. The molecule has 0 aromatic heterocycles. The molecule has 12 heteroatoms. The zero-order valence-corrected chi connectivity index (χ0v) is 32.5. The topological polar surface area (TPSA) is 169 Å². The number of nitrogens with one attached hydrogen (secondary N) is 1. The van der Waals surface area contributed by atoms with Gasteiger partial charge in [0.25, 0.3) is 0 Å². The second kappa shape index (κ2) is 35.0. The fourth-order valence-electron chi connectivity index (χ4n) is 4.52. The number of hydrogen-bond donors (Lipinski definition) is 4. The van der Waals surface area contributed by atoms with Gasteiger partial charge in [-0.25, -0.2) is 9.36 Å². The Balaban J connectivity index is 4.06. The van der Waals surface area contributed by atoms with Gasteiger partial charge in [0.1, 0.15) is 12.7 Å². The zero-order valence-electron chi connectivity index (χ0n) is 31.6. The summed E-state index contributed by atoms with van der Waals surface area (Å²) in [5, 5.41) is 21.7. The van der Waals surface area contributed by atoms with Crippen LogP contribution < -0.4 is 5.32 Å². The number of hydrogen-bond acceptors (Lipinski definition) is 8. The maximum atomic E-state index is 12.2. The van der Waals surface area contributed by atoms with Gasteiger partial charge >= 0.3 is 19.8 Å². The van der Waals surface area contributed by atoms with Crippen LogP contribution in [0.15, 0.2) is 72.9 Å². The number of aliphatic hydroxyl groups is 1. The molecule has 0 heterocycles. The summed E-state index contributed by atoms with van der Waals surface area (Å²) in [5.41, 5.74) is 0. The van der Waals surface area contributed by atoms with Crippen molar-refractivity contribution in [1.82, 2.24) is 5.32 Å². The number of phosphoric acid groups is 1. The summed E-state index contributed by atoms with van der Waals surface area (Å²) < 4.78 is 26.7. The summed E-state index contributed by atoms with van der Waals surface area (Å²) in [4.78, 5) is 45.7. The van der Waals surface area contributed by atoms with Gasteiger partial charge in [0.15, 0.2) is 6.04 Å². The Hall–Kier alpha value is -3.08. The van der Waals surface area contributed by atoms with Gasteiger partial charge < -0.3 is 25.2 Å². The maximum Gasteiger partial charge on any atom is 0.472 e. The predicted molar refractivity (Wildman–Crippen MR) is 208 cm³/mol. The van der Waals surface area contributed by atoms with E-state index >= 15 is 0 Å². The molecule has 0 spiro atoms. The van der Waals surface area contributed by atoms with Crippen LogP contribution >= 0.6 is 7.82 Å². The van der Waals surface area contributed by atoms with E-state index in [1.165, 1.54) is 0 Å². The fraction of sp³-hybridized carbons (Fsp3) is 0.625. The van der Waals surface area contributed by atoms with E-state index in [0.29, 0.717) is 12.8 Å². The van der Waals surface area contributed by atoms with Crippen LogP contribution in [0.5, 0.6) is 0 Å². The van der Waals surface area contributed by atoms with Crippen molar-refractivity contribution < 1.29 is 47.8 Å². The number of phosphoric ester groups is 1. The molecule has 0 bridgehead atoms. The van der Waals surface area contributed by atoms with Crippen molar-refractivity contribution in [3.63, 3.8) is 0 Å². The van der Waals surface area contributed by atoms with Gasteiger partial charge in [-0.3, -0.25) is 18.6 Å². The number of unbranched alkanes of at least 4 members (excludes halogenated alkanes) is 8. The lowest BCUT2D eigenvalue weighted by atomic mass is 10.1. The number of carbonyl (C=O) groups excluding carboxylic acids is 2. The Kier molecular flexibility index (Phi) is 32.9. The Morgan fingerprint density at radius 3 is 1.69 bits per heavy atom. The molecule has 4 N–H and O–H groups in total. The van der Waals surface area contributed by atoms with Gasteiger partial charge in [-0.1, -0.05) is 112 Å². The third-order valence-corrected chi connectivity index (χ3v) is 8.41. The number of rotatable bonds is 34. The molecule has 0 fully saturated rings. The van der Waals surface area contributed by atoms with Crippen LogP contribution in [-0.2, 0) is 32.7 Å². The molecule has 0 aliphatic rings. The molecule has 0 aliphatic carbocycles. The Morgan fingerprint density at radius 1 is 0.635 bits per heavy atom. The highest BCUT2D eigenvalue weighted by Gasteiger charge is 2.28. The summed E-state index contributed by atoms with van der Waals surface area (Å²) in [5.74, 6) is -2.45. The highest BCUT2D eigenvalue weighted by Crippen LogP contribution is 2.43. The number of amides is 1. The van der Waals surface area contributed by atoms with Gasteiger partial charge in [-0.2, -0.15) is 0 Å². The first kappa shape index (κ1) is 48.9. The quantitative estimate of drug-likeness (QED) is 0.0216. The van der Waals surface area contributed by atoms with E-state index in [4.69, 9.17) is 13.8 Å². The van der Waals surface area contributed by atoms with Crippen molar-refractivity contribution in [2.24, 2.45) is 0 Å². The van der Waals surface area contributed by atoms with Crippen molar-refractivity contribution in [3.8, 4) is 0 Å². The Bertz CT molecular complexity index is 1160. The van der Waals surface area contributed by atoms with E-state index in [0.717, 1.165) is 89.9 Å².